The van der Waals surface area contributed by atoms with E-state index in [2.05, 4.69) is 22.9 Å². The zero-order valence-corrected chi connectivity index (χ0v) is 7.25. The molecule has 0 amide bonds. The van der Waals surface area contributed by atoms with Crippen molar-refractivity contribution in [2.75, 3.05) is 0 Å². The quantitative estimate of drug-likeness (QED) is 0.318. The number of carbonyl (C=O) groups excluding carboxylic acids is 1. The maximum Gasteiger partial charge on any atom is 0.312 e. The molecule has 0 aromatic heterocycles. The minimum absolute atomic E-state index is 0.348. The van der Waals surface area contributed by atoms with Crippen LogP contribution in [0.15, 0.2) is 29.2 Å². The predicted molar refractivity (Wildman–Crippen MR) is 47.7 cm³/mol. The van der Waals surface area contributed by atoms with E-state index in [0.717, 1.165) is 10.5 Å². The van der Waals surface area contributed by atoms with E-state index < -0.39 is 0 Å². The Morgan fingerprint density at radius 1 is 1.50 bits per heavy atom. The summed E-state index contributed by atoms with van der Waals surface area (Å²) in [6, 6.07) is 7.58. The number of hydroxylamine groups is 1. The lowest BCUT2D eigenvalue weighted by Gasteiger charge is -2.03. The number of thiol groups is 1. The van der Waals surface area contributed by atoms with Crippen molar-refractivity contribution in [1.82, 2.24) is 5.48 Å². The summed E-state index contributed by atoms with van der Waals surface area (Å²) in [5, 5.41) is 0. The SMILES string of the molecule is O=CONCc1ccccc1S. The molecule has 0 radical (unpaired) electrons. The van der Waals surface area contributed by atoms with Crippen LogP contribution >= 0.6 is 12.6 Å². The molecule has 0 fully saturated rings. The van der Waals surface area contributed by atoms with Gasteiger partial charge in [0.05, 0.1) is 6.54 Å². The second-order valence-corrected chi connectivity index (χ2v) is 2.65. The molecular formula is C8H9NO2S. The molecule has 0 aliphatic heterocycles. The number of carbonyl (C=O) groups is 1. The second kappa shape index (κ2) is 4.79. The van der Waals surface area contributed by atoms with E-state index in [1.165, 1.54) is 0 Å². The summed E-state index contributed by atoms with van der Waals surface area (Å²) in [6.07, 6.45) is 0. The van der Waals surface area contributed by atoms with Crippen molar-refractivity contribution in [1.29, 1.82) is 0 Å². The molecule has 1 aromatic rings. The third-order valence-corrected chi connectivity index (χ3v) is 1.82. The molecule has 12 heavy (non-hydrogen) atoms. The Bertz CT molecular complexity index is 265. The molecule has 0 heterocycles. The van der Waals surface area contributed by atoms with Gasteiger partial charge in [-0.05, 0) is 11.6 Å². The summed E-state index contributed by atoms with van der Waals surface area (Å²) in [4.78, 5) is 15.0. The van der Waals surface area contributed by atoms with E-state index in [4.69, 9.17) is 0 Å². The van der Waals surface area contributed by atoms with E-state index in [0.29, 0.717) is 13.0 Å². The second-order valence-electron chi connectivity index (χ2n) is 2.16. The van der Waals surface area contributed by atoms with Gasteiger partial charge in [-0.15, -0.1) is 18.1 Å². The van der Waals surface area contributed by atoms with Gasteiger partial charge < -0.3 is 4.84 Å². The van der Waals surface area contributed by atoms with Crippen LogP contribution in [0.5, 0.6) is 0 Å². The van der Waals surface area contributed by atoms with Gasteiger partial charge in [0.2, 0.25) is 0 Å². The first kappa shape index (κ1) is 9.09. The summed E-state index contributed by atoms with van der Waals surface area (Å²) < 4.78 is 0. The lowest BCUT2D eigenvalue weighted by molar-refractivity contribution is -0.135. The fourth-order valence-electron chi connectivity index (χ4n) is 0.814. The summed E-state index contributed by atoms with van der Waals surface area (Å²) in [6.45, 7) is 0.819. The molecule has 3 nitrogen and oxygen atoms in total. The third kappa shape index (κ3) is 2.56. The molecule has 0 atom stereocenters. The van der Waals surface area contributed by atoms with Gasteiger partial charge in [-0.3, -0.25) is 4.79 Å². The molecule has 4 heteroatoms. The lowest BCUT2D eigenvalue weighted by Crippen LogP contribution is -2.12. The molecule has 1 rings (SSSR count). The molecular weight excluding hydrogens is 174 g/mol. The summed E-state index contributed by atoms with van der Waals surface area (Å²) in [5.74, 6) is 0. The molecule has 0 aliphatic rings. The average Bonchev–Trinajstić information content (AvgIpc) is 2.09. The lowest BCUT2D eigenvalue weighted by atomic mass is 10.2. The van der Waals surface area contributed by atoms with Crippen molar-refractivity contribution in [2.45, 2.75) is 11.4 Å². The molecule has 1 aromatic carbocycles. The maximum absolute atomic E-state index is 9.78. The molecule has 0 aliphatic carbocycles. The van der Waals surface area contributed by atoms with Crippen LogP contribution in [0.4, 0.5) is 0 Å². The molecule has 0 spiro atoms. The summed E-state index contributed by atoms with van der Waals surface area (Å²) >= 11 is 4.22. The van der Waals surface area contributed by atoms with Crippen LogP contribution in [0.2, 0.25) is 0 Å². The van der Waals surface area contributed by atoms with Crippen molar-refractivity contribution in [3.05, 3.63) is 29.8 Å². The highest BCUT2D eigenvalue weighted by Gasteiger charge is 1.95. The van der Waals surface area contributed by atoms with E-state index in [-0.39, 0.29) is 0 Å². The monoisotopic (exact) mass is 183 g/mol. The van der Waals surface area contributed by atoms with Crippen LogP contribution in [0, 0.1) is 0 Å². The predicted octanol–water partition coefficient (Wildman–Crippen LogP) is 1.15. The Labute approximate surface area is 76.1 Å². The van der Waals surface area contributed by atoms with E-state index >= 15 is 0 Å². The summed E-state index contributed by atoms with van der Waals surface area (Å²) in [5.41, 5.74) is 3.46. The number of nitrogens with one attached hydrogen (secondary N) is 1. The van der Waals surface area contributed by atoms with Crippen LogP contribution in [0.25, 0.3) is 0 Å². The number of hydrogen-bond donors (Lipinski definition) is 2. The van der Waals surface area contributed by atoms with Gasteiger partial charge in [0.25, 0.3) is 0 Å². The Morgan fingerprint density at radius 3 is 2.92 bits per heavy atom. The van der Waals surface area contributed by atoms with Crippen LogP contribution in [0.3, 0.4) is 0 Å². The highest BCUT2D eigenvalue weighted by Crippen LogP contribution is 2.11. The molecule has 64 valence electrons. The molecule has 0 bridgehead atoms. The first-order chi connectivity index (χ1) is 5.84. The van der Waals surface area contributed by atoms with Gasteiger partial charge in [0.15, 0.2) is 0 Å². The van der Waals surface area contributed by atoms with Gasteiger partial charge in [-0.25, -0.2) is 0 Å². The van der Waals surface area contributed by atoms with Crippen molar-refractivity contribution < 1.29 is 9.63 Å². The highest BCUT2D eigenvalue weighted by atomic mass is 32.1. The third-order valence-electron chi connectivity index (χ3n) is 1.39. The van der Waals surface area contributed by atoms with Crippen LogP contribution in [-0.4, -0.2) is 6.47 Å². The number of benzene rings is 1. The van der Waals surface area contributed by atoms with Crippen LogP contribution in [-0.2, 0) is 16.2 Å². The normalized spacial score (nSPS) is 9.42. The average molecular weight is 183 g/mol. The fourth-order valence-corrected chi connectivity index (χ4v) is 1.05. The minimum atomic E-state index is 0.348. The zero-order chi connectivity index (χ0) is 8.81. The Balaban J connectivity index is 2.51. The van der Waals surface area contributed by atoms with E-state index in [1.807, 2.05) is 24.3 Å². The van der Waals surface area contributed by atoms with Crippen molar-refractivity contribution in [2.24, 2.45) is 0 Å². The zero-order valence-electron chi connectivity index (χ0n) is 6.36. The first-order valence-electron chi connectivity index (χ1n) is 3.43. The van der Waals surface area contributed by atoms with Gasteiger partial charge in [-0.2, -0.15) is 0 Å². The van der Waals surface area contributed by atoms with Gasteiger partial charge in [-0.1, -0.05) is 18.2 Å². The van der Waals surface area contributed by atoms with Crippen LogP contribution < -0.4 is 5.48 Å². The Hall–Kier alpha value is -1.00. The topological polar surface area (TPSA) is 38.3 Å². The Kier molecular flexibility index (Phi) is 3.63. The smallest absolute Gasteiger partial charge is 0.312 e. The van der Waals surface area contributed by atoms with Crippen molar-refractivity contribution in [3.8, 4) is 0 Å². The van der Waals surface area contributed by atoms with Crippen LogP contribution in [0.1, 0.15) is 5.56 Å². The van der Waals surface area contributed by atoms with Crippen molar-refractivity contribution >= 4 is 19.1 Å². The molecule has 0 saturated heterocycles. The van der Waals surface area contributed by atoms with E-state index in [9.17, 15) is 4.79 Å². The fraction of sp³-hybridized carbons (Fsp3) is 0.125. The molecule has 0 unspecified atom stereocenters. The highest BCUT2D eigenvalue weighted by molar-refractivity contribution is 7.80. The largest absolute Gasteiger partial charge is 0.373 e. The molecule has 0 saturated carbocycles. The van der Waals surface area contributed by atoms with Gasteiger partial charge in [0.1, 0.15) is 0 Å². The standard InChI is InChI=1S/C8H9NO2S/c10-6-11-9-5-7-3-1-2-4-8(7)12/h1-4,6,9,12H,5H2. The first-order valence-corrected chi connectivity index (χ1v) is 3.88. The minimum Gasteiger partial charge on any atom is -0.373 e. The van der Waals surface area contributed by atoms with Gasteiger partial charge in [0, 0.05) is 4.90 Å². The summed E-state index contributed by atoms with van der Waals surface area (Å²) in [7, 11) is 0. The van der Waals surface area contributed by atoms with E-state index in [1.54, 1.807) is 0 Å². The number of rotatable bonds is 4. The molecule has 1 N–H and O–H groups in total. The number of hydrogen-bond acceptors (Lipinski definition) is 4. The maximum atomic E-state index is 9.78. The Morgan fingerprint density at radius 2 is 2.25 bits per heavy atom. The van der Waals surface area contributed by atoms with Gasteiger partial charge >= 0.3 is 6.47 Å². The van der Waals surface area contributed by atoms with Crippen molar-refractivity contribution in [3.63, 3.8) is 0 Å².